The van der Waals surface area contributed by atoms with Gasteiger partial charge in [-0.25, -0.2) is 9.48 Å². The van der Waals surface area contributed by atoms with Gasteiger partial charge in [-0.2, -0.15) is 0 Å². The Labute approximate surface area is 192 Å². The Morgan fingerprint density at radius 2 is 1.94 bits per heavy atom. The van der Waals surface area contributed by atoms with Crippen molar-refractivity contribution in [2.45, 2.75) is 37.8 Å². The van der Waals surface area contributed by atoms with Gasteiger partial charge >= 0.3 is 6.09 Å². The average Bonchev–Trinajstić information content (AvgIpc) is 3.23. The van der Waals surface area contributed by atoms with Gasteiger partial charge in [0.15, 0.2) is 0 Å². The van der Waals surface area contributed by atoms with Crippen LogP contribution in [0, 0.1) is 12.8 Å². The fraction of sp³-hybridized carbons (Fsp3) is 0.435. The SMILES string of the molecule is Cc1cccnc1CCc1ccc(OC(=O)N2CCC(CSc3nnnn3C)CC2)cc1. The van der Waals surface area contributed by atoms with Crippen LogP contribution in [0.2, 0.25) is 0 Å². The normalized spacial score (nSPS) is 14.5. The first-order valence-corrected chi connectivity index (χ1v) is 11.9. The first-order chi connectivity index (χ1) is 15.6. The lowest BCUT2D eigenvalue weighted by molar-refractivity contribution is 0.134. The maximum absolute atomic E-state index is 12.6. The number of hydrogen-bond acceptors (Lipinski definition) is 7. The highest BCUT2D eigenvalue weighted by molar-refractivity contribution is 7.99. The summed E-state index contributed by atoms with van der Waals surface area (Å²) >= 11 is 1.67. The zero-order valence-corrected chi connectivity index (χ0v) is 19.3. The van der Waals surface area contributed by atoms with Gasteiger partial charge in [0.25, 0.3) is 0 Å². The van der Waals surface area contributed by atoms with Gasteiger partial charge in [-0.3, -0.25) is 4.98 Å². The van der Waals surface area contributed by atoms with Crippen LogP contribution >= 0.6 is 11.8 Å². The van der Waals surface area contributed by atoms with Crippen molar-refractivity contribution in [2.75, 3.05) is 18.8 Å². The van der Waals surface area contributed by atoms with Crippen LogP contribution in [-0.4, -0.2) is 55.0 Å². The molecule has 32 heavy (non-hydrogen) atoms. The Morgan fingerprint density at radius 1 is 1.16 bits per heavy atom. The summed E-state index contributed by atoms with van der Waals surface area (Å²) in [5, 5.41) is 12.3. The van der Waals surface area contributed by atoms with Gasteiger partial charge in [-0.15, -0.1) is 5.10 Å². The third-order valence-electron chi connectivity index (χ3n) is 5.80. The lowest BCUT2D eigenvalue weighted by Crippen LogP contribution is -2.40. The molecular formula is C23H28N6O2S. The van der Waals surface area contributed by atoms with Crippen LogP contribution in [0.25, 0.3) is 0 Å². The van der Waals surface area contributed by atoms with Gasteiger partial charge in [0.05, 0.1) is 0 Å². The number of carbonyl (C=O) groups excluding carboxylic acids is 1. The summed E-state index contributed by atoms with van der Waals surface area (Å²) in [5.41, 5.74) is 3.54. The van der Waals surface area contributed by atoms with Gasteiger partial charge in [0, 0.05) is 37.8 Å². The Hall–Kier alpha value is -2.94. The van der Waals surface area contributed by atoms with Crippen LogP contribution in [-0.2, 0) is 19.9 Å². The predicted molar refractivity (Wildman–Crippen MR) is 123 cm³/mol. The molecule has 3 heterocycles. The topological polar surface area (TPSA) is 86.0 Å². The number of amides is 1. The Morgan fingerprint density at radius 3 is 2.62 bits per heavy atom. The molecule has 9 heteroatoms. The number of aromatic nitrogens is 5. The van der Waals surface area contributed by atoms with Crippen LogP contribution in [0.15, 0.2) is 47.8 Å². The largest absolute Gasteiger partial charge is 0.415 e. The monoisotopic (exact) mass is 452 g/mol. The zero-order chi connectivity index (χ0) is 22.3. The summed E-state index contributed by atoms with van der Waals surface area (Å²) in [6.45, 7) is 3.51. The quantitative estimate of drug-likeness (QED) is 0.505. The van der Waals surface area contributed by atoms with Crippen LogP contribution in [0.1, 0.15) is 29.7 Å². The van der Waals surface area contributed by atoms with Crippen LogP contribution < -0.4 is 4.74 Å². The van der Waals surface area contributed by atoms with Gasteiger partial charge in [-0.05, 0) is 78.3 Å². The molecule has 168 valence electrons. The maximum atomic E-state index is 12.6. The van der Waals surface area contributed by atoms with Gasteiger partial charge < -0.3 is 9.64 Å². The molecule has 2 aromatic heterocycles. The summed E-state index contributed by atoms with van der Waals surface area (Å²) in [5.74, 6) is 2.08. The molecule has 1 fully saturated rings. The number of hydrogen-bond donors (Lipinski definition) is 0. The third kappa shape index (κ3) is 5.85. The Kier molecular flexibility index (Phi) is 7.36. The molecule has 0 aliphatic carbocycles. The van der Waals surface area contributed by atoms with E-state index in [9.17, 15) is 4.79 Å². The molecule has 1 aromatic carbocycles. The fourth-order valence-electron chi connectivity index (χ4n) is 3.75. The van der Waals surface area contributed by atoms with Crippen molar-refractivity contribution < 1.29 is 9.53 Å². The summed E-state index contributed by atoms with van der Waals surface area (Å²) in [7, 11) is 1.84. The van der Waals surface area contributed by atoms with Crippen molar-refractivity contribution in [2.24, 2.45) is 13.0 Å². The highest BCUT2D eigenvalue weighted by atomic mass is 32.2. The predicted octanol–water partition coefficient (Wildman–Crippen LogP) is 3.70. The summed E-state index contributed by atoms with van der Waals surface area (Å²) in [6.07, 6.45) is 5.28. The Balaban J connectivity index is 1.20. The smallest absolute Gasteiger partial charge is 0.410 e. The van der Waals surface area contributed by atoms with E-state index in [2.05, 4.69) is 33.5 Å². The summed E-state index contributed by atoms with van der Waals surface area (Å²) in [4.78, 5) is 18.8. The molecule has 1 aliphatic heterocycles. The number of piperidine rings is 1. The average molecular weight is 453 g/mol. The molecule has 0 bridgehead atoms. The fourth-order valence-corrected chi connectivity index (χ4v) is 4.79. The van der Waals surface area contributed by atoms with Crippen molar-refractivity contribution in [3.63, 3.8) is 0 Å². The molecule has 0 saturated carbocycles. The lowest BCUT2D eigenvalue weighted by atomic mass is 9.99. The molecule has 1 saturated heterocycles. The van der Waals surface area contributed by atoms with Crippen LogP contribution in [0.4, 0.5) is 4.79 Å². The second-order valence-corrected chi connectivity index (χ2v) is 9.09. The van der Waals surface area contributed by atoms with Crippen LogP contribution in [0.3, 0.4) is 0 Å². The highest BCUT2D eigenvalue weighted by Gasteiger charge is 2.24. The number of ether oxygens (including phenoxy) is 1. The number of rotatable bonds is 7. The van der Waals surface area contributed by atoms with Gasteiger partial charge in [0.2, 0.25) is 5.16 Å². The molecule has 3 aromatic rings. The molecule has 4 rings (SSSR count). The molecule has 1 aliphatic rings. The minimum absolute atomic E-state index is 0.273. The molecule has 1 amide bonds. The van der Waals surface area contributed by atoms with E-state index < -0.39 is 0 Å². The molecule has 0 radical (unpaired) electrons. The second-order valence-electron chi connectivity index (χ2n) is 8.11. The van der Waals surface area contributed by atoms with Crippen molar-refractivity contribution in [3.8, 4) is 5.75 Å². The molecule has 8 nitrogen and oxygen atoms in total. The summed E-state index contributed by atoms with van der Waals surface area (Å²) in [6, 6.07) is 11.8. The number of nitrogens with zero attached hydrogens (tertiary/aromatic N) is 6. The lowest BCUT2D eigenvalue weighted by Gasteiger charge is -2.30. The van der Waals surface area contributed by atoms with Crippen molar-refractivity contribution in [3.05, 3.63) is 59.4 Å². The number of likely N-dealkylation sites (tertiary alicyclic amines) is 1. The number of tetrazole rings is 1. The Bertz CT molecular complexity index is 1030. The van der Waals surface area contributed by atoms with Crippen molar-refractivity contribution in [1.82, 2.24) is 30.1 Å². The molecule has 0 spiro atoms. The number of aryl methyl sites for hydroxylation is 4. The number of pyridine rings is 1. The van der Waals surface area contributed by atoms with Crippen LogP contribution in [0.5, 0.6) is 5.75 Å². The van der Waals surface area contributed by atoms with E-state index in [0.717, 1.165) is 42.3 Å². The maximum Gasteiger partial charge on any atom is 0.415 e. The molecule has 0 unspecified atom stereocenters. The third-order valence-corrected chi connectivity index (χ3v) is 7.04. The molecular weight excluding hydrogens is 424 g/mol. The first-order valence-electron chi connectivity index (χ1n) is 10.9. The number of benzene rings is 1. The minimum atomic E-state index is -0.273. The standard InChI is InChI=1S/C23H28N6O2S/c1-17-4-3-13-24-21(17)10-7-18-5-8-20(9-6-18)31-23(30)29-14-11-19(12-15-29)16-32-22-25-26-27-28(22)2/h3-6,8-9,13,19H,7,10-12,14-16H2,1-2H3. The number of thioether (sulfide) groups is 1. The molecule has 0 N–H and O–H groups in total. The zero-order valence-electron chi connectivity index (χ0n) is 18.5. The molecule has 0 atom stereocenters. The second kappa shape index (κ2) is 10.6. The van der Waals surface area contributed by atoms with E-state index >= 15 is 0 Å². The van der Waals surface area contributed by atoms with Crippen molar-refractivity contribution in [1.29, 1.82) is 0 Å². The van der Waals surface area contributed by atoms with E-state index in [4.69, 9.17) is 4.74 Å². The van der Waals surface area contributed by atoms with E-state index in [0.29, 0.717) is 24.8 Å². The van der Waals surface area contributed by atoms with E-state index in [1.807, 2.05) is 43.6 Å². The number of carbonyl (C=O) groups is 1. The van der Waals surface area contributed by atoms with E-state index in [1.54, 1.807) is 21.3 Å². The minimum Gasteiger partial charge on any atom is -0.410 e. The first kappa shape index (κ1) is 22.3. The van der Waals surface area contributed by atoms with Crippen molar-refractivity contribution >= 4 is 17.9 Å². The summed E-state index contributed by atoms with van der Waals surface area (Å²) < 4.78 is 7.28. The van der Waals surface area contributed by atoms with Gasteiger partial charge in [0.1, 0.15) is 5.75 Å². The van der Waals surface area contributed by atoms with E-state index in [-0.39, 0.29) is 6.09 Å². The van der Waals surface area contributed by atoms with Gasteiger partial charge in [-0.1, -0.05) is 30.0 Å². The highest BCUT2D eigenvalue weighted by Crippen LogP contribution is 2.25. The van der Waals surface area contributed by atoms with E-state index in [1.165, 1.54) is 11.1 Å².